The molecule has 2 aromatic heterocycles. The molecule has 0 aliphatic carbocycles. The molecule has 11 heteroatoms. The summed E-state index contributed by atoms with van der Waals surface area (Å²) < 4.78 is 6.98. The number of hydrogen-bond donors (Lipinski definition) is 6. The van der Waals surface area contributed by atoms with Crippen molar-refractivity contribution in [2.75, 3.05) is 24.2 Å². The van der Waals surface area contributed by atoms with Gasteiger partial charge in [-0.05, 0) is 12.5 Å². The van der Waals surface area contributed by atoms with E-state index >= 15 is 0 Å². The first-order valence-electron chi connectivity index (χ1n) is 9.46. The minimum Gasteiger partial charge on any atom is -0.394 e. The SMILES string of the molecule is CC(O)(CNc1nc(N)c2ncn([C@@H]3O[C@H](CO)[C@@H](O)[C@H]3O)c2n1)c1ccccc1. The largest absolute Gasteiger partial charge is 0.394 e. The lowest BCUT2D eigenvalue weighted by molar-refractivity contribution is -0.0511. The lowest BCUT2D eigenvalue weighted by Crippen LogP contribution is -2.33. The van der Waals surface area contributed by atoms with Crippen LogP contribution in [0, 0.1) is 0 Å². The van der Waals surface area contributed by atoms with Gasteiger partial charge in [0.05, 0.1) is 19.5 Å². The Hall–Kier alpha value is -2.83. The molecule has 1 aromatic carbocycles. The summed E-state index contributed by atoms with van der Waals surface area (Å²) in [6.07, 6.45) is -3.10. The Morgan fingerprint density at radius 2 is 1.93 bits per heavy atom. The fourth-order valence-electron chi connectivity index (χ4n) is 3.46. The highest BCUT2D eigenvalue weighted by Crippen LogP contribution is 2.32. The second kappa shape index (κ2) is 7.78. The molecule has 3 aromatic rings. The molecule has 0 amide bonds. The molecular formula is C19H24N6O5. The molecule has 1 fully saturated rings. The molecule has 30 heavy (non-hydrogen) atoms. The molecule has 4 rings (SSSR count). The second-order valence-electron chi connectivity index (χ2n) is 7.48. The molecule has 1 aliphatic heterocycles. The molecule has 11 nitrogen and oxygen atoms in total. The third-order valence-corrected chi connectivity index (χ3v) is 5.23. The van der Waals surface area contributed by atoms with E-state index in [0.717, 1.165) is 5.56 Å². The Morgan fingerprint density at radius 3 is 2.60 bits per heavy atom. The molecule has 0 saturated carbocycles. The maximum Gasteiger partial charge on any atom is 0.226 e. The van der Waals surface area contributed by atoms with Gasteiger partial charge >= 0.3 is 0 Å². The number of ether oxygens (including phenoxy) is 1. The number of fused-ring (bicyclic) bond motifs is 1. The summed E-state index contributed by atoms with van der Waals surface area (Å²) in [4.78, 5) is 12.7. The maximum atomic E-state index is 10.8. The van der Waals surface area contributed by atoms with E-state index < -0.39 is 36.7 Å². The van der Waals surface area contributed by atoms with E-state index in [1.54, 1.807) is 6.92 Å². The first-order valence-corrected chi connectivity index (χ1v) is 9.46. The molecule has 7 N–H and O–H groups in total. The lowest BCUT2D eigenvalue weighted by Gasteiger charge is -2.24. The predicted molar refractivity (Wildman–Crippen MR) is 107 cm³/mol. The Kier molecular flexibility index (Phi) is 5.30. The summed E-state index contributed by atoms with van der Waals surface area (Å²) >= 11 is 0. The van der Waals surface area contributed by atoms with Crippen molar-refractivity contribution in [3.05, 3.63) is 42.2 Å². The predicted octanol–water partition coefficient (Wildman–Crippen LogP) is -0.660. The number of hydrogen-bond acceptors (Lipinski definition) is 10. The van der Waals surface area contributed by atoms with Gasteiger partial charge in [-0.1, -0.05) is 30.3 Å². The van der Waals surface area contributed by atoms with Gasteiger partial charge in [0.1, 0.15) is 29.4 Å². The topological polar surface area (TPSA) is 172 Å². The van der Waals surface area contributed by atoms with E-state index in [1.165, 1.54) is 10.9 Å². The summed E-state index contributed by atoms with van der Waals surface area (Å²) in [5.74, 6) is 0.261. The Labute approximate surface area is 171 Å². The fourth-order valence-corrected chi connectivity index (χ4v) is 3.46. The summed E-state index contributed by atoms with van der Waals surface area (Å²) in [6, 6.07) is 9.17. The van der Waals surface area contributed by atoms with Gasteiger partial charge in [0.15, 0.2) is 17.7 Å². The van der Waals surface area contributed by atoms with Crippen LogP contribution in [0.5, 0.6) is 0 Å². The second-order valence-corrected chi connectivity index (χ2v) is 7.48. The molecule has 160 valence electrons. The number of anilines is 2. The van der Waals surface area contributed by atoms with Crippen LogP contribution in [0.2, 0.25) is 0 Å². The van der Waals surface area contributed by atoms with Crippen LogP contribution in [0.1, 0.15) is 18.7 Å². The summed E-state index contributed by atoms with van der Waals surface area (Å²) in [5, 5.41) is 43.4. The van der Waals surface area contributed by atoms with E-state index in [0.29, 0.717) is 5.52 Å². The molecule has 0 radical (unpaired) electrons. The molecular weight excluding hydrogens is 392 g/mol. The number of aliphatic hydroxyl groups excluding tert-OH is 3. The number of nitrogen functional groups attached to an aromatic ring is 1. The maximum absolute atomic E-state index is 10.8. The van der Waals surface area contributed by atoms with Crippen molar-refractivity contribution in [1.29, 1.82) is 0 Å². The first kappa shape index (κ1) is 20.4. The van der Waals surface area contributed by atoms with E-state index in [-0.39, 0.29) is 24.0 Å². The molecule has 1 saturated heterocycles. The minimum absolute atomic E-state index is 0.104. The smallest absolute Gasteiger partial charge is 0.226 e. The van der Waals surface area contributed by atoms with Gasteiger partial charge in [0.25, 0.3) is 0 Å². The van der Waals surface area contributed by atoms with Crippen LogP contribution in [-0.2, 0) is 10.3 Å². The van der Waals surface area contributed by atoms with Crippen molar-refractivity contribution in [1.82, 2.24) is 19.5 Å². The van der Waals surface area contributed by atoms with Crippen molar-refractivity contribution in [3.63, 3.8) is 0 Å². The zero-order chi connectivity index (χ0) is 21.5. The van der Waals surface area contributed by atoms with Gasteiger partial charge in [-0.25, -0.2) is 4.98 Å². The van der Waals surface area contributed by atoms with E-state index in [4.69, 9.17) is 10.5 Å². The average molecular weight is 416 g/mol. The van der Waals surface area contributed by atoms with Crippen LogP contribution in [0.25, 0.3) is 11.2 Å². The highest BCUT2D eigenvalue weighted by atomic mass is 16.6. The Balaban J connectivity index is 1.61. The van der Waals surface area contributed by atoms with Crippen molar-refractivity contribution in [2.45, 2.75) is 37.1 Å². The van der Waals surface area contributed by atoms with Crippen molar-refractivity contribution in [3.8, 4) is 0 Å². The number of benzene rings is 1. The highest BCUT2D eigenvalue weighted by molar-refractivity contribution is 5.83. The van der Waals surface area contributed by atoms with Crippen LogP contribution in [-0.4, -0.2) is 71.4 Å². The third kappa shape index (κ3) is 3.57. The van der Waals surface area contributed by atoms with Gasteiger partial charge in [-0.3, -0.25) is 4.57 Å². The van der Waals surface area contributed by atoms with Gasteiger partial charge < -0.3 is 36.2 Å². The monoisotopic (exact) mass is 416 g/mol. The fraction of sp³-hybridized carbons (Fsp3) is 0.421. The van der Waals surface area contributed by atoms with Crippen LogP contribution in [0.3, 0.4) is 0 Å². The molecule has 0 bridgehead atoms. The Morgan fingerprint density at radius 1 is 1.20 bits per heavy atom. The van der Waals surface area contributed by atoms with E-state index in [1.807, 2.05) is 30.3 Å². The normalized spacial score (nSPS) is 26.0. The highest BCUT2D eigenvalue weighted by Gasteiger charge is 2.44. The first-order chi connectivity index (χ1) is 14.3. The Bertz CT molecular complexity index is 1030. The average Bonchev–Trinajstić information content (AvgIpc) is 3.29. The molecule has 5 atom stereocenters. The quantitative estimate of drug-likeness (QED) is 0.303. The number of nitrogens with one attached hydrogen (secondary N) is 1. The van der Waals surface area contributed by atoms with Gasteiger partial charge in [0.2, 0.25) is 5.95 Å². The number of aromatic nitrogens is 4. The number of aliphatic hydroxyl groups is 4. The summed E-state index contributed by atoms with van der Waals surface area (Å²) in [7, 11) is 0. The van der Waals surface area contributed by atoms with Gasteiger partial charge in [-0.15, -0.1) is 0 Å². The summed E-state index contributed by atoms with van der Waals surface area (Å²) in [6.45, 7) is 1.34. The van der Waals surface area contributed by atoms with Crippen LogP contribution in [0.4, 0.5) is 11.8 Å². The number of rotatable bonds is 6. The zero-order valence-electron chi connectivity index (χ0n) is 16.3. The number of nitrogens with two attached hydrogens (primary N) is 1. The summed E-state index contributed by atoms with van der Waals surface area (Å²) in [5.41, 5.74) is 6.13. The van der Waals surface area contributed by atoms with Crippen LogP contribution < -0.4 is 11.1 Å². The molecule has 1 unspecified atom stereocenters. The lowest BCUT2D eigenvalue weighted by atomic mass is 9.96. The van der Waals surface area contributed by atoms with Crippen LogP contribution in [0.15, 0.2) is 36.7 Å². The van der Waals surface area contributed by atoms with Crippen molar-refractivity contribution >= 4 is 22.9 Å². The van der Waals surface area contributed by atoms with E-state index in [9.17, 15) is 20.4 Å². The van der Waals surface area contributed by atoms with E-state index in [2.05, 4.69) is 20.3 Å². The molecule has 0 spiro atoms. The minimum atomic E-state index is -1.29. The van der Waals surface area contributed by atoms with Crippen molar-refractivity contribution < 1.29 is 25.2 Å². The zero-order valence-corrected chi connectivity index (χ0v) is 16.3. The van der Waals surface area contributed by atoms with Crippen molar-refractivity contribution in [2.24, 2.45) is 0 Å². The third-order valence-electron chi connectivity index (χ3n) is 5.23. The number of imidazole rings is 1. The number of nitrogens with zero attached hydrogens (tertiary/aromatic N) is 4. The standard InChI is InChI=1S/C19H24N6O5/c1-19(29,10-5-3-2-4-6-10)8-21-18-23-15(20)12-16(24-18)25(9-22-12)17-14(28)13(27)11(7-26)30-17/h2-6,9,11,13-14,17,26-29H,7-8H2,1H3,(H3,20,21,23,24)/t11-,13-,14-,17-,19?/m1/s1. The van der Waals surface area contributed by atoms with Gasteiger partial charge in [0, 0.05) is 0 Å². The van der Waals surface area contributed by atoms with Gasteiger partial charge in [-0.2, -0.15) is 9.97 Å². The van der Waals surface area contributed by atoms with Crippen LogP contribution >= 0.6 is 0 Å². The molecule has 1 aliphatic rings. The molecule has 3 heterocycles.